The van der Waals surface area contributed by atoms with Gasteiger partial charge >= 0.3 is 5.97 Å². The van der Waals surface area contributed by atoms with Gasteiger partial charge in [0.15, 0.2) is 0 Å². The van der Waals surface area contributed by atoms with Crippen LogP contribution in [-0.4, -0.2) is 29.8 Å². The highest BCUT2D eigenvalue weighted by atomic mass is 35.5. The monoisotopic (exact) mass is 464 g/mol. The van der Waals surface area contributed by atoms with E-state index in [4.69, 9.17) is 33.3 Å². The summed E-state index contributed by atoms with van der Waals surface area (Å²) in [6.07, 6.45) is 1.90. The molecule has 0 saturated heterocycles. The predicted octanol–water partition coefficient (Wildman–Crippen LogP) is 6.21. The molecule has 8 heteroatoms. The van der Waals surface area contributed by atoms with Gasteiger partial charge in [-0.05, 0) is 54.5 Å². The van der Waals surface area contributed by atoms with Gasteiger partial charge in [0.1, 0.15) is 11.5 Å². The molecule has 0 aliphatic carbocycles. The molecule has 0 radical (unpaired) electrons. The number of hydrogen-bond acceptors (Lipinski definition) is 5. The third kappa shape index (κ3) is 5.45. The van der Waals surface area contributed by atoms with E-state index in [2.05, 4.69) is 5.32 Å². The minimum atomic E-state index is -0.683. The van der Waals surface area contributed by atoms with E-state index < -0.39 is 5.97 Å². The summed E-state index contributed by atoms with van der Waals surface area (Å²) >= 11 is 13.9. The number of allylic oxidation sites excluding steroid dienone is 1. The molecule has 4 nitrogen and oxygen atoms in total. The van der Waals surface area contributed by atoms with Crippen molar-refractivity contribution in [2.24, 2.45) is 0 Å². The first-order valence-electron chi connectivity index (χ1n) is 9.14. The Labute approximate surface area is 188 Å². The van der Waals surface area contributed by atoms with Crippen molar-refractivity contribution >= 4 is 58.4 Å². The largest absolute Gasteiger partial charge is 0.461 e. The lowest BCUT2D eigenvalue weighted by molar-refractivity contribution is -0.135. The minimum absolute atomic E-state index is 0.186. The van der Waals surface area contributed by atoms with Crippen LogP contribution in [0.1, 0.15) is 12.5 Å². The van der Waals surface area contributed by atoms with Crippen LogP contribution in [0.3, 0.4) is 0 Å². The number of esters is 1. The fourth-order valence-electron chi connectivity index (χ4n) is 2.88. The Morgan fingerprint density at radius 2 is 1.97 bits per heavy atom. The number of carbonyl (C=O) groups is 1. The standard InChI is InChI=1S/C22H19Cl2FN2O2S/c1-2-29-22(28)20(26)17-12-30-11-14(9-13-3-6-16(25)7-4-13)21(17)27-19-8-5-15(23)10-18(19)24/h3-10,26-27H,2,11-12H2,1H3/b14-9+,26-20?. The van der Waals surface area contributed by atoms with Crippen LogP contribution >= 0.6 is 35.0 Å². The zero-order chi connectivity index (χ0) is 21.7. The second-order valence-corrected chi connectivity index (χ2v) is 8.24. The molecular weight excluding hydrogens is 446 g/mol. The lowest BCUT2D eigenvalue weighted by Gasteiger charge is -2.25. The van der Waals surface area contributed by atoms with Gasteiger partial charge in [0.05, 0.1) is 17.3 Å². The number of thioether (sulfide) groups is 1. The van der Waals surface area contributed by atoms with E-state index in [1.807, 2.05) is 6.08 Å². The van der Waals surface area contributed by atoms with Crippen molar-refractivity contribution in [3.8, 4) is 0 Å². The number of rotatable bonds is 6. The van der Waals surface area contributed by atoms with Crippen LogP contribution in [0, 0.1) is 11.2 Å². The van der Waals surface area contributed by atoms with Crippen LogP contribution in [0.5, 0.6) is 0 Å². The summed E-state index contributed by atoms with van der Waals surface area (Å²) in [6.45, 7) is 1.88. The molecule has 0 aromatic heterocycles. The average molecular weight is 465 g/mol. The molecule has 2 aromatic rings. The molecule has 2 aromatic carbocycles. The second-order valence-electron chi connectivity index (χ2n) is 6.41. The number of benzene rings is 2. The Hall–Kier alpha value is -2.28. The van der Waals surface area contributed by atoms with E-state index in [0.29, 0.717) is 38.5 Å². The van der Waals surface area contributed by atoms with E-state index >= 15 is 0 Å². The predicted molar refractivity (Wildman–Crippen MR) is 123 cm³/mol. The van der Waals surface area contributed by atoms with Crippen LogP contribution in [0.2, 0.25) is 10.0 Å². The van der Waals surface area contributed by atoms with Crippen LogP contribution < -0.4 is 5.32 Å². The molecule has 0 atom stereocenters. The van der Waals surface area contributed by atoms with Gasteiger partial charge in [-0.1, -0.05) is 35.3 Å². The summed E-state index contributed by atoms with van der Waals surface area (Å²) in [5, 5.41) is 12.5. The quantitative estimate of drug-likeness (QED) is 0.393. The smallest absolute Gasteiger partial charge is 0.356 e. The molecular formula is C22H19Cl2FN2O2S. The third-order valence-corrected chi connectivity index (χ3v) is 5.87. The van der Waals surface area contributed by atoms with Crippen molar-refractivity contribution in [1.29, 1.82) is 5.41 Å². The molecule has 0 bridgehead atoms. The zero-order valence-corrected chi connectivity index (χ0v) is 18.4. The van der Waals surface area contributed by atoms with E-state index in [-0.39, 0.29) is 18.1 Å². The Morgan fingerprint density at radius 3 is 2.63 bits per heavy atom. The van der Waals surface area contributed by atoms with Gasteiger partial charge in [0.2, 0.25) is 0 Å². The molecule has 0 saturated carbocycles. The molecule has 3 rings (SSSR count). The normalized spacial score (nSPS) is 15.3. The van der Waals surface area contributed by atoms with Crippen molar-refractivity contribution in [3.05, 3.63) is 80.7 Å². The highest BCUT2D eigenvalue weighted by Gasteiger charge is 2.26. The molecule has 0 unspecified atom stereocenters. The van der Waals surface area contributed by atoms with Gasteiger partial charge in [-0.3, -0.25) is 5.41 Å². The maximum Gasteiger partial charge on any atom is 0.356 e. The van der Waals surface area contributed by atoms with Crippen LogP contribution in [0.25, 0.3) is 6.08 Å². The van der Waals surface area contributed by atoms with Crippen molar-refractivity contribution < 1.29 is 13.9 Å². The van der Waals surface area contributed by atoms with Crippen LogP contribution in [-0.2, 0) is 9.53 Å². The number of carbonyl (C=O) groups excluding carboxylic acids is 1. The van der Waals surface area contributed by atoms with Crippen LogP contribution in [0.4, 0.5) is 10.1 Å². The summed E-state index contributed by atoms with van der Waals surface area (Å²) in [5.41, 5.74) is 3.18. The first-order chi connectivity index (χ1) is 14.4. The molecule has 1 heterocycles. The van der Waals surface area contributed by atoms with Gasteiger partial charge in [-0.15, -0.1) is 0 Å². The fourth-order valence-corrected chi connectivity index (χ4v) is 4.38. The Kier molecular flexibility index (Phi) is 7.58. The highest BCUT2D eigenvalue weighted by molar-refractivity contribution is 7.99. The average Bonchev–Trinajstić information content (AvgIpc) is 2.72. The van der Waals surface area contributed by atoms with Gasteiger partial charge in [0, 0.05) is 27.8 Å². The first-order valence-corrected chi connectivity index (χ1v) is 11.1. The van der Waals surface area contributed by atoms with E-state index in [1.165, 1.54) is 12.1 Å². The number of nitrogens with one attached hydrogen (secondary N) is 2. The Morgan fingerprint density at radius 1 is 1.23 bits per heavy atom. The maximum atomic E-state index is 13.3. The molecule has 0 fully saturated rings. The molecule has 1 aliphatic rings. The lowest BCUT2D eigenvalue weighted by Crippen LogP contribution is -2.26. The van der Waals surface area contributed by atoms with Crippen molar-refractivity contribution in [2.75, 3.05) is 23.4 Å². The molecule has 156 valence electrons. The van der Waals surface area contributed by atoms with Crippen molar-refractivity contribution in [1.82, 2.24) is 0 Å². The highest BCUT2D eigenvalue weighted by Crippen LogP contribution is 2.34. The van der Waals surface area contributed by atoms with Crippen molar-refractivity contribution in [2.45, 2.75) is 6.92 Å². The molecule has 1 aliphatic heterocycles. The van der Waals surface area contributed by atoms with Crippen LogP contribution in [0.15, 0.2) is 59.3 Å². The molecule has 0 amide bonds. The van der Waals surface area contributed by atoms with E-state index in [0.717, 1.165) is 11.1 Å². The lowest BCUT2D eigenvalue weighted by atomic mass is 10.0. The van der Waals surface area contributed by atoms with Gasteiger partial charge in [-0.2, -0.15) is 11.8 Å². The summed E-state index contributed by atoms with van der Waals surface area (Å²) in [6, 6.07) is 11.2. The summed E-state index contributed by atoms with van der Waals surface area (Å²) < 4.78 is 18.3. The Balaban J connectivity index is 2.08. The van der Waals surface area contributed by atoms with Crippen molar-refractivity contribution in [3.63, 3.8) is 0 Å². The molecule has 2 N–H and O–H groups in total. The SMILES string of the molecule is CCOC(=O)C(=N)C1=C(Nc2ccc(Cl)cc2Cl)/C(=C/c2ccc(F)cc2)CSC1. The first kappa shape index (κ1) is 22.4. The van der Waals surface area contributed by atoms with Gasteiger partial charge < -0.3 is 10.1 Å². The zero-order valence-electron chi connectivity index (χ0n) is 16.1. The second kappa shape index (κ2) is 10.2. The minimum Gasteiger partial charge on any atom is -0.461 e. The van der Waals surface area contributed by atoms with Gasteiger partial charge in [0.25, 0.3) is 0 Å². The maximum absolute atomic E-state index is 13.3. The van der Waals surface area contributed by atoms with Gasteiger partial charge in [-0.25, -0.2) is 9.18 Å². The number of ether oxygens (including phenoxy) is 1. The van der Waals surface area contributed by atoms with E-state index in [1.54, 1.807) is 49.0 Å². The molecule has 30 heavy (non-hydrogen) atoms. The topological polar surface area (TPSA) is 62.2 Å². The molecule has 0 spiro atoms. The summed E-state index contributed by atoms with van der Waals surface area (Å²) in [4.78, 5) is 12.2. The fraction of sp³-hybridized carbons (Fsp3) is 0.182. The number of hydrogen-bond donors (Lipinski definition) is 2. The number of anilines is 1. The number of halogens is 3. The Bertz CT molecular complexity index is 1040. The summed E-state index contributed by atoms with van der Waals surface area (Å²) in [5.74, 6) is 0.107. The summed E-state index contributed by atoms with van der Waals surface area (Å²) in [7, 11) is 0. The van der Waals surface area contributed by atoms with E-state index in [9.17, 15) is 9.18 Å². The third-order valence-electron chi connectivity index (χ3n) is 4.31.